The molecule has 1 aliphatic carbocycles. The summed E-state index contributed by atoms with van der Waals surface area (Å²) in [5, 5.41) is 8.54. The highest BCUT2D eigenvalue weighted by atomic mass is 19.1. The van der Waals surface area contributed by atoms with Crippen LogP contribution in [0.25, 0.3) is 11.3 Å². The number of benzene rings is 1. The maximum Gasteiger partial charge on any atom is 0.317 e. The van der Waals surface area contributed by atoms with E-state index in [1.807, 2.05) is 6.92 Å². The first kappa shape index (κ1) is 19.4. The van der Waals surface area contributed by atoms with Gasteiger partial charge < -0.3 is 4.74 Å². The predicted octanol–water partition coefficient (Wildman–Crippen LogP) is 5.04. The molecule has 0 spiro atoms. The smallest absolute Gasteiger partial charge is 0.317 e. The molecular weight excluding hydrogens is 374 g/mol. The molecule has 1 unspecified atom stereocenters. The second-order valence-electron chi connectivity index (χ2n) is 7.66. The fourth-order valence-electron chi connectivity index (χ4n) is 4.18. The third kappa shape index (κ3) is 3.45. The Bertz CT molecular complexity index is 1010. The highest BCUT2D eigenvalue weighted by molar-refractivity contribution is 5.61. The van der Waals surface area contributed by atoms with Gasteiger partial charge in [0.25, 0.3) is 0 Å². The molecule has 0 saturated heterocycles. The highest BCUT2D eigenvalue weighted by Crippen LogP contribution is 2.47. The third-order valence-electron chi connectivity index (χ3n) is 5.78. The van der Waals surface area contributed by atoms with Crippen molar-refractivity contribution in [3.8, 4) is 17.3 Å². The van der Waals surface area contributed by atoms with Gasteiger partial charge in [0.2, 0.25) is 0 Å². The van der Waals surface area contributed by atoms with Crippen LogP contribution in [0.15, 0.2) is 42.7 Å². The Hall–Kier alpha value is -2.96. The lowest BCUT2D eigenvalue weighted by atomic mass is 9.70. The van der Waals surface area contributed by atoms with E-state index in [4.69, 9.17) is 4.74 Å². The van der Waals surface area contributed by atoms with Crippen molar-refractivity contribution in [2.75, 3.05) is 0 Å². The number of ether oxygens (including phenoxy) is 1. The van der Waals surface area contributed by atoms with E-state index in [0.717, 1.165) is 18.4 Å². The Morgan fingerprint density at radius 3 is 2.45 bits per heavy atom. The van der Waals surface area contributed by atoms with Gasteiger partial charge in [-0.3, -0.25) is 0 Å². The van der Waals surface area contributed by atoms with Crippen molar-refractivity contribution < 1.29 is 13.5 Å². The molecule has 4 rings (SSSR count). The Balaban J connectivity index is 1.83. The van der Waals surface area contributed by atoms with Crippen LogP contribution in [0.1, 0.15) is 50.8 Å². The van der Waals surface area contributed by atoms with Crippen molar-refractivity contribution in [1.82, 2.24) is 20.2 Å². The monoisotopic (exact) mass is 396 g/mol. The summed E-state index contributed by atoms with van der Waals surface area (Å²) < 4.78 is 34.8. The molecule has 5 nitrogen and oxygen atoms in total. The van der Waals surface area contributed by atoms with Gasteiger partial charge in [-0.2, -0.15) is 5.10 Å². The molecule has 2 aromatic heterocycles. The van der Waals surface area contributed by atoms with Crippen LogP contribution in [0.3, 0.4) is 0 Å². The molecule has 3 aromatic rings. The largest absolute Gasteiger partial charge is 0.451 e. The SMILES string of the molecule is CCC1C[C@](C)(Oc2ncccn2)c2nnc(-c3c(F)cccc3F)cc2[C@H]1C. The molecule has 0 saturated carbocycles. The lowest BCUT2D eigenvalue weighted by Crippen LogP contribution is -2.40. The van der Waals surface area contributed by atoms with Gasteiger partial charge in [-0.05, 0) is 55.0 Å². The van der Waals surface area contributed by atoms with E-state index in [-0.39, 0.29) is 23.2 Å². The van der Waals surface area contributed by atoms with E-state index in [9.17, 15) is 8.78 Å². The average molecular weight is 396 g/mol. The molecule has 7 heteroatoms. The number of hydrogen-bond acceptors (Lipinski definition) is 5. The number of fused-ring (bicyclic) bond motifs is 1. The van der Waals surface area contributed by atoms with Gasteiger partial charge in [-0.1, -0.05) is 26.3 Å². The molecule has 150 valence electrons. The van der Waals surface area contributed by atoms with E-state index < -0.39 is 17.2 Å². The standard InChI is InChI=1S/C22H22F2N4O/c1-4-14-12-22(3,29-21-25-9-6-10-26-21)20-15(13(14)2)11-18(27-28-20)19-16(23)7-5-8-17(19)24/h5-11,13-14H,4,12H2,1-3H3/t13-,14?,22-/m0/s1. The van der Waals surface area contributed by atoms with Crippen LogP contribution in [-0.2, 0) is 5.60 Å². The van der Waals surface area contributed by atoms with Gasteiger partial charge in [0, 0.05) is 12.4 Å². The topological polar surface area (TPSA) is 60.8 Å². The molecule has 0 N–H and O–H groups in total. The number of halogens is 2. The first-order valence-corrected chi connectivity index (χ1v) is 9.71. The van der Waals surface area contributed by atoms with Crippen LogP contribution in [0, 0.1) is 17.6 Å². The minimum atomic E-state index is -0.789. The fraction of sp³-hybridized carbons (Fsp3) is 0.364. The van der Waals surface area contributed by atoms with Gasteiger partial charge in [0.05, 0.1) is 11.3 Å². The fourth-order valence-corrected chi connectivity index (χ4v) is 4.18. The zero-order chi connectivity index (χ0) is 20.6. The van der Waals surface area contributed by atoms with Gasteiger partial charge >= 0.3 is 6.01 Å². The Kier molecular flexibility index (Phi) is 4.98. The molecule has 1 aliphatic rings. The van der Waals surface area contributed by atoms with Crippen LogP contribution in [0.5, 0.6) is 6.01 Å². The minimum Gasteiger partial charge on any atom is -0.451 e. The summed E-state index contributed by atoms with van der Waals surface area (Å²) in [6.45, 7) is 6.17. The van der Waals surface area contributed by atoms with Crippen LogP contribution < -0.4 is 4.74 Å². The second-order valence-corrected chi connectivity index (χ2v) is 7.66. The van der Waals surface area contributed by atoms with E-state index >= 15 is 0 Å². The summed E-state index contributed by atoms with van der Waals surface area (Å²) in [6, 6.07) is 7.49. The minimum absolute atomic E-state index is 0.146. The van der Waals surface area contributed by atoms with Gasteiger partial charge in [0.15, 0.2) is 5.60 Å². The Morgan fingerprint density at radius 2 is 1.79 bits per heavy atom. The first-order valence-electron chi connectivity index (χ1n) is 9.71. The zero-order valence-corrected chi connectivity index (χ0v) is 16.6. The maximum atomic E-state index is 14.3. The summed E-state index contributed by atoms with van der Waals surface area (Å²) >= 11 is 0. The van der Waals surface area contributed by atoms with Gasteiger partial charge in [0.1, 0.15) is 17.3 Å². The van der Waals surface area contributed by atoms with Crippen molar-refractivity contribution >= 4 is 0 Å². The highest BCUT2D eigenvalue weighted by Gasteiger charge is 2.44. The van der Waals surface area contributed by atoms with Gasteiger partial charge in [-0.25, -0.2) is 18.7 Å². The van der Waals surface area contributed by atoms with E-state index in [0.29, 0.717) is 11.6 Å². The van der Waals surface area contributed by atoms with Crippen molar-refractivity contribution in [3.05, 3.63) is 65.6 Å². The van der Waals surface area contributed by atoms with E-state index in [2.05, 4.69) is 34.0 Å². The van der Waals surface area contributed by atoms with Crippen molar-refractivity contribution in [1.29, 1.82) is 0 Å². The Morgan fingerprint density at radius 1 is 1.10 bits per heavy atom. The number of aromatic nitrogens is 4. The van der Waals surface area contributed by atoms with Crippen molar-refractivity contribution in [3.63, 3.8) is 0 Å². The lowest BCUT2D eigenvalue weighted by molar-refractivity contribution is 0.0253. The third-order valence-corrected chi connectivity index (χ3v) is 5.78. The molecule has 0 radical (unpaired) electrons. The summed E-state index contributed by atoms with van der Waals surface area (Å²) in [7, 11) is 0. The number of rotatable bonds is 4. The quantitative estimate of drug-likeness (QED) is 0.618. The maximum absolute atomic E-state index is 14.3. The molecule has 0 amide bonds. The molecule has 0 aliphatic heterocycles. The molecular formula is C22H22F2N4O. The number of hydrogen-bond donors (Lipinski definition) is 0. The van der Waals surface area contributed by atoms with Crippen LogP contribution in [0.4, 0.5) is 8.78 Å². The van der Waals surface area contributed by atoms with Crippen molar-refractivity contribution in [2.24, 2.45) is 5.92 Å². The summed E-state index contributed by atoms with van der Waals surface area (Å²) in [4.78, 5) is 8.34. The molecule has 2 heterocycles. The van der Waals surface area contributed by atoms with Crippen molar-refractivity contribution in [2.45, 2.75) is 45.1 Å². The summed E-state index contributed by atoms with van der Waals surface area (Å²) in [5.41, 5.74) is 0.768. The zero-order valence-electron chi connectivity index (χ0n) is 16.6. The molecule has 1 aromatic carbocycles. The average Bonchev–Trinajstić information content (AvgIpc) is 2.71. The lowest BCUT2D eigenvalue weighted by Gasteiger charge is -2.41. The van der Waals surface area contributed by atoms with E-state index in [1.54, 1.807) is 24.5 Å². The predicted molar refractivity (Wildman–Crippen MR) is 104 cm³/mol. The first-order chi connectivity index (χ1) is 13.9. The summed E-state index contributed by atoms with van der Waals surface area (Å²) in [5.74, 6) is -0.871. The molecule has 29 heavy (non-hydrogen) atoms. The Labute approximate surface area is 168 Å². The van der Waals surface area contributed by atoms with Gasteiger partial charge in [-0.15, -0.1) is 5.10 Å². The second kappa shape index (κ2) is 7.46. The molecule has 0 fully saturated rings. The molecule has 3 atom stereocenters. The van der Waals surface area contributed by atoms with Crippen LogP contribution in [-0.4, -0.2) is 20.2 Å². The molecule has 0 bridgehead atoms. The van der Waals surface area contributed by atoms with Crippen LogP contribution in [0.2, 0.25) is 0 Å². The van der Waals surface area contributed by atoms with E-state index in [1.165, 1.54) is 18.2 Å². The summed E-state index contributed by atoms with van der Waals surface area (Å²) in [6.07, 6.45) is 4.88. The number of nitrogens with zero attached hydrogens (tertiary/aromatic N) is 4. The normalized spacial score (nSPS) is 23.5. The van der Waals surface area contributed by atoms with Crippen LogP contribution >= 0.6 is 0 Å².